The maximum absolute atomic E-state index is 14.4. The third kappa shape index (κ3) is 11.4. The van der Waals surface area contributed by atoms with Gasteiger partial charge in [0, 0.05) is 33.9 Å². The van der Waals surface area contributed by atoms with Gasteiger partial charge in [0.15, 0.2) is 11.7 Å². The molecule has 7 amide bonds. The summed E-state index contributed by atoms with van der Waals surface area (Å²) in [5.41, 5.74) is -0.0948. The van der Waals surface area contributed by atoms with Gasteiger partial charge < -0.3 is 45.4 Å². The molecule has 1 aromatic heterocycles. The quantitative estimate of drug-likeness (QED) is 0.293. The van der Waals surface area contributed by atoms with E-state index in [-0.39, 0.29) is 24.8 Å². The molecule has 0 radical (unpaired) electrons. The van der Waals surface area contributed by atoms with E-state index >= 15 is 0 Å². The molecule has 0 spiro atoms. The number of likely N-dealkylation sites (N-methyl/N-ethyl adjacent to an activating group) is 3. The van der Waals surface area contributed by atoms with Gasteiger partial charge in [-0.1, -0.05) is 65.0 Å². The predicted octanol–water partition coefficient (Wildman–Crippen LogP) is 1.63. The molecule has 2 saturated heterocycles. The lowest BCUT2D eigenvalue weighted by Crippen LogP contribution is -2.60. The number of hydrogen-bond donors (Lipinski definition) is 4. The van der Waals surface area contributed by atoms with Crippen molar-refractivity contribution in [2.24, 2.45) is 17.8 Å². The van der Waals surface area contributed by atoms with Gasteiger partial charge >= 0.3 is 5.97 Å². The Labute approximate surface area is 363 Å². The summed E-state index contributed by atoms with van der Waals surface area (Å²) in [7, 11) is 4.26. The van der Waals surface area contributed by atoms with Gasteiger partial charge in [-0.05, 0) is 68.6 Å². The number of aromatic nitrogens is 1. The molecule has 2 aliphatic rings. The summed E-state index contributed by atoms with van der Waals surface area (Å²) in [6, 6.07) is 3.27. The van der Waals surface area contributed by atoms with Crippen LogP contribution in [0.25, 0.3) is 0 Å². The molecule has 338 valence electrons. The monoisotopic (exact) mass is 862 g/mol. The second-order valence-electron chi connectivity index (χ2n) is 17.1. The Morgan fingerprint density at radius 3 is 2.15 bits per heavy atom. The van der Waals surface area contributed by atoms with E-state index in [4.69, 9.17) is 4.74 Å². The zero-order valence-electron chi connectivity index (χ0n) is 37.3. The minimum Gasteiger partial charge on any atom is -0.505 e. The van der Waals surface area contributed by atoms with Crippen molar-refractivity contribution in [3.63, 3.8) is 0 Å². The molecular formula is C44H62N8O10. The third-order valence-corrected chi connectivity index (χ3v) is 11.7. The Balaban J connectivity index is 1.84. The molecule has 4 N–H and O–H groups in total. The maximum atomic E-state index is 14.4. The summed E-state index contributed by atoms with van der Waals surface area (Å²) >= 11 is 0. The number of benzene rings is 1. The molecule has 18 nitrogen and oxygen atoms in total. The van der Waals surface area contributed by atoms with Crippen LogP contribution in [0.15, 0.2) is 48.7 Å². The zero-order chi connectivity index (χ0) is 46.2. The second-order valence-corrected chi connectivity index (χ2v) is 17.1. The highest BCUT2D eigenvalue weighted by Gasteiger charge is 2.43. The first-order valence-electron chi connectivity index (χ1n) is 21.0. The lowest BCUT2D eigenvalue weighted by atomic mass is 9.88. The molecule has 0 bridgehead atoms. The SMILES string of the molecule is CC(C)C[C@H]1NC(=O)[C@@H](NC(=O)c2ncccc2O)[C@@H](C)OC(=O)[C@H](c2ccccc2)N(C)C(=O)[C@H](C)NC(=O)[C@H](C(C)C(C)C)N(C)C(=O)CN(C)C(=O)[C@H]2CCCN2C1=O. The number of cyclic esters (lactones) is 1. The molecule has 4 rings (SSSR count). The molecule has 0 aliphatic carbocycles. The molecule has 1 aromatic carbocycles. The third-order valence-electron chi connectivity index (χ3n) is 11.7. The number of rotatable bonds is 7. The first-order valence-corrected chi connectivity index (χ1v) is 21.0. The lowest BCUT2D eigenvalue weighted by Gasteiger charge is -2.37. The van der Waals surface area contributed by atoms with Crippen molar-refractivity contribution in [1.82, 2.24) is 40.5 Å². The minimum absolute atomic E-state index is 0.0904. The van der Waals surface area contributed by atoms with E-state index in [0.29, 0.717) is 18.4 Å². The Bertz CT molecular complexity index is 1980. The molecule has 0 saturated carbocycles. The van der Waals surface area contributed by atoms with Crippen molar-refractivity contribution in [3.05, 3.63) is 59.9 Å². The van der Waals surface area contributed by atoms with Crippen molar-refractivity contribution < 1.29 is 48.2 Å². The highest BCUT2D eigenvalue weighted by molar-refractivity contribution is 6.00. The Morgan fingerprint density at radius 2 is 1.53 bits per heavy atom. The van der Waals surface area contributed by atoms with E-state index in [1.54, 1.807) is 30.3 Å². The molecule has 1 unspecified atom stereocenters. The van der Waals surface area contributed by atoms with Crippen LogP contribution in [-0.2, 0) is 38.3 Å². The number of ether oxygens (including phenoxy) is 1. The van der Waals surface area contributed by atoms with Gasteiger partial charge in [0.25, 0.3) is 5.91 Å². The normalized spacial score (nSPS) is 26.1. The van der Waals surface area contributed by atoms with Crippen LogP contribution in [0.4, 0.5) is 0 Å². The highest BCUT2D eigenvalue weighted by atomic mass is 16.5. The number of carbonyl (C=O) groups excluding carboxylic acids is 8. The zero-order valence-corrected chi connectivity index (χ0v) is 37.3. The van der Waals surface area contributed by atoms with Crippen molar-refractivity contribution >= 4 is 47.3 Å². The van der Waals surface area contributed by atoms with Gasteiger partial charge in [-0.3, -0.25) is 33.6 Å². The van der Waals surface area contributed by atoms with Crippen LogP contribution in [0.1, 0.15) is 89.8 Å². The first-order chi connectivity index (χ1) is 29.2. The summed E-state index contributed by atoms with van der Waals surface area (Å²) in [6.45, 7) is 11.8. The van der Waals surface area contributed by atoms with Gasteiger partial charge in [0.1, 0.15) is 42.1 Å². The van der Waals surface area contributed by atoms with E-state index in [1.807, 2.05) is 34.6 Å². The van der Waals surface area contributed by atoms with E-state index < -0.39 is 114 Å². The second kappa shape index (κ2) is 21.1. The van der Waals surface area contributed by atoms with Gasteiger partial charge in [-0.25, -0.2) is 9.78 Å². The molecule has 2 aromatic rings. The van der Waals surface area contributed by atoms with Crippen molar-refractivity contribution in [3.8, 4) is 5.75 Å². The molecule has 8 atom stereocenters. The number of carbonyl (C=O) groups is 8. The topological polar surface area (TPSA) is 228 Å². The number of nitrogens with zero attached hydrogens (tertiary/aromatic N) is 5. The van der Waals surface area contributed by atoms with Gasteiger partial charge in [-0.2, -0.15) is 0 Å². The van der Waals surface area contributed by atoms with Crippen LogP contribution in [0.2, 0.25) is 0 Å². The Morgan fingerprint density at radius 1 is 0.871 bits per heavy atom. The van der Waals surface area contributed by atoms with Gasteiger partial charge in [0.2, 0.25) is 35.4 Å². The van der Waals surface area contributed by atoms with Gasteiger partial charge in [-0.15, -0.1) is 0 Å². The van der Waals surface area contributed by atoms with E-state index in [0.717, 1.165) is 4.90 Å². The fourth-order valence-electron chi connectivity index (χ4n) is 7.82. The number of aromatic hydroxyl groups is 1. The molecule has 2 fully saturated rings. The van der Waals surface area contributed by atoms with Crippen LogP contribution < -0.4 is 16.0 Å². The van der Waals surface area contributed by atoms with Gasteiger partial charge in [0.05, 0.1) is 6.54 Å². The van der Waals surface area contributed by atoms with Crippen molar-refractivity contribution in [2.45, 2.75) is 110 Å². The maximum Gasteiger partial charge on any atom is 0.333 e. The Hall–Kier alpha value is -6.07. The standard InChI is InChI=1S/C44H62N8O10/c1-24(2)22-30-42(59)52-21-15-18-31(52)43(60)49(8)23-33(54)50(9)36(26(5)25(3)4)40(57)46-27(6)41(58)51(10)37(29-16-12-11-13-17-29)44(61)62-28(7)34(38(55)47-30)48-39(56)35-32(53)19-14-20-45-35/h11-14,16-17,19-20,24-28,30-31,34,36-37,53H,15,18,21-23H2,1-10H3,(H,46,57)(H,47,55)(H,48,56)/t26?,27-,28+,30+,31+,34-,36-,37-/m0/s1. The summed E-state index contributed by atoms with van der Waals surface area (Å²) < 4.78 is 5.93. The molecule has 62 heavy (non-hydrogen) atoms. The average Bonchev–Trinajstić information content (AvgIpc) is 3.71. The molecule has 18 heteroatoms. The first kappa shape index (κ1) is 48.6. The number of amides is 7. The number of nitrogens with one attached hydrogen (secondary N) is 3. The summed E-state index contributed by atoms with van der Waals surface area (Å²) in [6.07, 6.45) is 0.679. The van der Waals surface area contributed by atoms with Crippen LogP contribution >= 0.6 is 0 Å². The minimum atomic E-state index is -1.69. The van der Waals surface area contributed by atoms with Crippen LogP contribution in [0.3, 0.4) is 0 Å². The smallest absolute Gasteiger partial charge is 0.333 e. The summed E-state index contributed by atoms with van der Waals surface area (Å²) in [5.74, 6) is -7.01. The van der Waals surface area contributed by atoms with E-state index in [2.05, 4.69) is 20.9 Å². The van der Waals surface area contributed by atoms with Crippen molar-refractivity contribution in [2.75, 3.05) is 34.2 Å². The van der Waals surface area contributed by atoms with E-state index in [9.17, 15) is 43.5 Å². The average molecular weight is 863 g/mol. The number of pyridine rings is 1. The number of hydrogen-bond acceptors (Lipinski definition) is 11. The van der Waals surface area contributed by atoms with Crippen LogP contribution in [0, 0.1) is 17.8 Å². The highest BCUT2D eigenvalue weighted by Crippen LogP contribution is 2.26. The number of esters is 1. The summed E-state index contributed by atoms with van der Waals surface area (Å²) in [5, 5.41) is 18.4. The predicted molar refractivity (Wildman–Crippen MR) is 227 cm³/mol. The van der Waals surface area contributed by atoms with E-state index in [1.165, 1.54) is 68.0 Å². The lowest BCUT2D eigenvalue weighted by molar-refractivity contribution is -0.161. The molecular weight excluding hydrogens is 801 g/mol. The largest absolute Gasteiger partial charge is 0.505 e. The molecule has 2 aliphatic heterocycles. The van der Waals surface area contributed by atoms with Crippen LogP contribution in [-0.4, -0.2) is 148 Å². The summed E-state index contributed by atoms with van der Waals surface area (Å²) in [4.78, 5) is 122. The van der Waals surface area contributed by atoms with Crippen LogP contribution in [0.5, 0.6) is 5.75 Å². The Kier molecular flexibility index (Phi) is 16.6. The molecule has 3 heterocycles. The fourth-order valence-corrected chi connectivity index (χ4v) is 7.82. The number of fused-ring (bicyclic) bond motifs is 1. The fraction of sp³-hybridized carbons (Fsp3) is 0.568. The van der Waals surface area contributed by atoms with Crippen molar-refractivity contribution in [1.29, 1.82) is 0 Å².